The number of hydrogen-bond acceptors (Lipinski definition) is 10. The van der Waals surface area contributed by atoms with E-state index in [1.807, 2.05) is 24.6 Å². The molecule has 0 saturated carbocycles. The summed E-state index contributed by atoms with van der Waals surface area (Å²) < 4.78 is 6.79. The predicted molar refractivity (Wildman–Crippen MR) is 169 cm³/mol. The Balaban J connectivity index is 0.000000448. The second kappa shape index (κ2) is 15.5. The van der Waals surface area contributed by atoms with Crippen molar-refractivity contribution >= 4 is 46.1 Å². The van der Waals surface area contributed by atoms with E-state index in [9.17, 15) is 0 Å². The Hall–Kier alpha value is -2.21. The highest BCUT2D eigenvalue weighted by molar-refractivity contribution is 7.80. The minimum atomic E-state index is 0.737. The molecule has 2 aromatic heterocycles. The molecule has 2 N–H and O–H groups in total. The van der Waals surface area contributed by atoms with Crippen molar-refractivity contribution in [3.63, 3.8) is 0 Å². The van der Waals surface area contributed by atoms with Crippen molar-refractivity contribution in [2.75, 3.05) is 90.8 Å². The van der Waals surface area contributed by atoms with E-state index in [2.05, 4.69) is 88.5 Å². The molecule has 0 radical (unpaired) electrons. The number of morpholine rings is 1. The summed E-state index contributed by atoms with van der Waals surface area (Å²) in [7, 11) is 6.05. The van der Waals surface area contributed by atoms with Crippen LogP contribution in [-0.2, 0) is 11.3 Å². The number of aromatic nitrogens is 2. The van der Waals surface area contributed by atoms with Gasteiger partial charge < -0.3 is 25.2 Å². The maximum Gasteiger partial charge on any atom is 0.162 e. The van der Waals surface area contributed by atoms with Gasteiger partial charge in [0.2, 0.25) is 0 Å². The fourth-order valence-electron chi connectivity index (χ4n) is 4.65. The van der Waals surface area contributed by atoms with Crippen molar-refractivity contribution in [3.05, 3.63) is 47.0 Å². The molecule has 0 aliphatic carbocycles. The van der Waals surface area contributed by atoms with Gasteiger partial charge in [0.1, 0.15) is 0 Å². The number of rotatable bonds is 9. The molecule has 4 heterocycles. The van der Waals surface area contributed by atoms with Gasteiger partial charge >= 0.3 is 0 Å². The van der Waals surface area contributed by atoms with E-state index in [1.165, 1.54) is 16.0 Å². The van der Waals surface area contributed by atoms with Gasteiger partial charge in [-0.3, -0.25) is 4.90 Å². The number of anilines is 1. The van der Waals surface area contributed by atoms with Crippen LogP contribution >= 0.6 is 24.0 Å². The minimum Gasteiger partial charge on any atom is -0.394 e. The van der Waals surface area contributed by atoms with Crippen LogP contribution in [0.3, 0.4) is 0 Å². The van der Waals surface area contributed by atoms with Crippen LogP contribution < -0.4 is 15.5 Å². The second-order valence-corrected chi connectivity index (χ2v) is 11.6. The molecule has 10 heteroatoms. The first-order valence-electron chi connectivity index (χ1n) is 13.8. The van der Waals surface area contributed by atoms with Gasteiger partial charge in [-0.1, -0.05) is 24.3 Å². The number of nitrogens with zero attached hydrogens (tertiary/aromatic N) is 5. The van der Waals surface area contributed by atoms with Crippen molar-refractivity contribution in [2.45, 2.75) is 13.0 Å². The Morgan fingerprint density at radius 2 is 1.90 bits per heavy atom. The number of ether oxygens (including phenoxy) is 1. The molecule has 39 heavy (non-hydrogen) atoms. The number of thiol groups is 1. The Morgan fingerprint density at radius 1 is 1.13 bits per heavy atom. The minimum absolute atomic E-state index is 0.737. The zero-order valence-electron chi connectivity index (χ0n) is 23.5. The highest BCUT2D eigenvalue weighted by Crippen LogP contribution is 2.35. The van der Waals surface area contributed by atoms with Crippen LogP contribution in [0, 0.1) is 0 Å². The van der Waals surface area contributed by atoms with Crippen LogP contribution in [-0.4, -0.2) is 106 Å². The van der Waals surface area contributed by atoms with E-state index in [0.29, 0.717) is 0 Å². The molecule has 2 fully saturated rings. The summed E-state index contributed by atoms with van der Waals surface area (Å²) in [4.78, 5) is 18.5. The molecule has 212 valence electrons. The van der Waals surface area contributed by atoms with Gasteiger partial charge in [-0.05, 0) is 56.7 Å². The zero-order valence-corrected chi connectivity index (χ0v) is 25.2. The van der Waals surface area contributed by atoms with Crippen molar-refractivity contribution < 1.29 is 4.74 Å². The van der Waals surface area contributed by atoms with Gasteiger partial charge in [-0.25, -0.2) is 9.97 Å². The average Bonchev–Trinajstić information content (AvgIpc) is 3.38. The number of hydrogen-bond donors (Lipinski definition) is 3. The highest BCUT2D eigenvalue weighted by atomic mass is 32.1. The maximum absolute atomic E-state index is 5.61. The first kappa shape index (κ1) is 29.8. The Kier molecular flexibility index (Phi) is 11.9. The third-order valence-corrected chi connectivity index (χ3v) is 8.12. The lowest BCUT2D eigenvalue weighted by Crippen LogP contribution is -2.42. The molecule has 3 aromatic rings. The first-order valence-corrected chi connectivity index (χ1v) is 15.3. The van der Waals surface area contributed by atoms with Crippen molar-refractivity contribution in [1.29, 1.82) is 0 Å². The molecule has 0 spiro atoms. The number of nitrogens with one attached hydrogen (secondary N) is 2. The summed E-state index contributed by atoms with van der Waals surface area (Å²) >= 11 is 5.91. The van der Waals surface area contributed by atoms with E-state index < -0.39 is 0 Å². The van der Waals surface area contributed by atoms with Crippen LogP contribution in [0.25, 0.3) is 27.7 Å². The summed E-state index contributed by atoms with van der Waals surface area (Å²) in [5.74, 6) is 2.82. The average molecular weight is 570 g/mol. The summed E-state index contributed by atoms with van der Waals surface area (Å²) in [6, 6.07) is 10.6. The number of benzene rings is 1. The van der Waals surface area contributed by atoms with E-state index in [1.54, 1.807) is 0 Å². The van der Waals surface area contributed by atoms with Gasteiger partial charge in [-0.2, -0.15) is 12.6 Å². The lowest BCUT2D eigenvalue weighted by molar-refractivity contribution is 0.122. The second-order valence-electron chi connectivity index (χ2n) is 10.0. The molecule has 5 rings (SSSR count). The van der Waals surface area contributed by atoms with Gasteiger partial charge in [0.15, 0.2) is 11.6 Å². The maximum atomic E-state index is 5.61. The molecule has 2 aliphatic rings. The van der Waals surface area contributed by atoms with Gasteiger partial charge in [-0.15, -0.1) is 11.3 Å². The fourth-order valence-corrected chi connectivity index (χ4v) is 5.94. The Morgan fingerprint density at radius 3 is 2.59 bits per heavy atom. The highest BCUT2D eigenvalue weighted by Gasteiger charge is 2.21. The number of fused-ring (bicyclic) bond motifs is 1. The van der Waals surface area contributed by atoms with Crippen LogP contribution in [0.5, 0.6) is 0 Å². The monoisotopic (exact) mass is 569 g/mol. The topological polar surface area (TPSA) is 68.8 Å². The van der Waals surface area contributed by atoms with Crippen LogP contribution in [0.2, 0.25) is 0 Å². The molecule has 2 aliphatic heterocycles. The number of thiophene rings is 1. The quantitative estimate of drug-likeness (QED) is 0.338. The summed E-state index contributed by atoms with van der Waals surface area (Å²) in [6.45, 7) is 9.62. The van der Waals surface area contributed by atoms with E-state index >= 15 is 0 Å². The van der Waals surface area contributed by atoms with Crippen molar-refractivity contribution in [2.24, 2.45) is 0 Å². The number of piperazine rings is 1. The summed E-state index contributed by atoms with van der Waals surface area (Å²) in [5.41, 5.74) is 3.19. The fraction of sp³-hybridized carbons (Fsp3) is 0.517. The molecule has 2 saturated heterocycles. The normalized spacial score (nSPS) is 16.6. The standard InChI is InChI=1S/C24H30N6OS.C5H13NS/c1-25-7-6-18-4-2-3-5-20(18)23-27-21-16-19(17-29-10-8-26-9-11-29)32-22(21)24(28-23)30-12-14-31-15-13-30;1-6(2)4-3-5-7/h2-7,16,25-26H,8-15,17H2,1H3;7H,3-5H2,1-2H3/b7-6-;. The van der Waals surface area contributed by atoms with Gasteiger partial charge in [0.25, 0.3) is 0 Å². The van der Waals surface area contributed by atoms with E-state index in [4.69, 9.17) is 14.7 Å². The summed E-state index contributed by atoms with van der Waals surface area (Å²) in [6.07, 6.45) is 5.20. The Labute approximate surface area is 242 Å². The van der Waals surface area contributed by atoms with Crippen LogP contribution in [0.1, 0.15) is 16.9 Å². The molecule has 0 amide bonds. The van der Waals surface area contributed by atoms with E-state index in [0.717, 1.165) is 99.6 Å². The molecular formula is C29H43N7OS2. The third-order valence-electron chi connectivity index (χ3n) is 6.70. The molecular weight excluding hydrogens is 527 g/mol. The lowest BCUT2D eigenvalue weighted by atomic mass is 10.1. The SMILES string of the molecule is CN(C)CCCS.CN/C=C\c1ccccc1-c1nc(N2CCOCC2)c2sc(CN3CCNCC3)cc2n1. The zero-order chi connectivity index (χ0) is 27.5. The molecule has 0 unspecified atom stereocenters. The predicted octanol–water partition coefficient (Wildman–Crippen LogP) is 3.66. The van der Waals surface area contributed by atoms with Gasteiger partial charge in [0.05, 0.1) is 23.4 Å². The smallest absolute Gasteiger partial charge is 0.162 e. The van der Waals surface area contributed by atoms with Crippen molar-refractivity contribution in [1.82, 2.24) is 30.4 Å². The largest absolute Gasteiger partial charge is 0.394 e. The third kappa shape index (κ3) is 8.64. The van der Waals surface area contributed by atoms with Crippen LogP contribution in [0.15, 0.2) is 36.5 Å². The molecule has 0 atom stereocenters. The Bertz CT molecular complexity index is 1190. The van der Waals surface area contributed by atoms with Crippen molar-refractivity contribution in [3.8, 4) is 11.4 Å². The van der Waals surface area contributed by atoms with Crippen LogP contribution in [0.4, 0.5) is 5.82 Å². The summed E-state index contributed by atoms with van der Waals surface area (Å²) in [5, 5.41) is 6.51. The molecule has 1 aromatic carbocycles. The van der Waals surface area contributed by atoms with E-state index in [-0.39, 0.29) is 0 Å². The molecule has 0 bridgehead atoms. The van der Waals surface area contributed by atoms with Gasteiger partial charge in [0, 0.05) is 63.3 Å². The lowest BCUT2D eigenvalue weighted by Gasteiger charge is -2.28. The first-order chi connectivity index (χ1) is 19.1. The molecule has 8 nitrogen and oxygen atoms in total.